The minimum atomic E-state index is -1.12. The lowest BCUT2D eigenvalue weighted by atomic mass is 9.76. The Balaban J connectivity index is 2.10. The third-order valence-corrected chi connectivity index (χ3v) is 4.91. The van der Waals surface area contributed by atoms with E-state index in [0.29, 0.717) is 18.8 Å². The molecule has 0 radical (unpaired) electrons. The van der Waals surface area contributed by atoms with Gasteiger partial charge in [-0.05, 0) is 56.2 Å². The Morgan fingerprint density at radius 2 is 1.83 bits per heavy atom. The van der Waals surface area contributed by atoms with Crippen molar-refractivity contribution in [1.29, 1.82) is 0 Å². The lowest BCUT2D eigenvalue weighted by Gasteiger charge is -2.37. The van der Waals surface area contributed by atoms with Gasteiger partial charge in [-0.15, -0.1) is 0 Å². The minimum absolute atomic E-state index is 0.243. The molecule has 1 unspecified atom stereocenters. The largest absolute Gasteiger partial charge is 0.497 e. The molecular weight excluding hydrogens is 294 g/mol. The van der Waals surface area contributed by atoms with Crippen LogP contribution in [-0.4, -0.2) is 29.6 Å². The van der Waals surface area contributed by atoms with Gasteiger partial charge < -0.3 is 15.2 Å². The molecule has 23 heavy (non-hydrogen) atoms. The van der Waals surface area contributed by atoms with Crippen molar-refractivity contribution < 1.29 is 19.4 Å². The summed E-state index contributed by atoms with van der Waals surface area (Å²) in [5.41, 5.74) is -0.280. The number of carboxylic acid groups (broad SMARTS) is 1. The summed E-state index contributed by atoms with van der Waals surface area (Å²) < 4.78 is 5.11. The van der Waals surface area contributed by atoms with E-state index in [4.69, 9.17) is 4.74 Å². The number of nitrogens with one attached hydrogen (secondary N) is 1. The smallest absolute Gasteiger partial charge is 0.329 e. The molecule has 1 atom stereocenters. The Hall–Kier alpha value is -2.04. The molecule has 0 heterocycles. The number of hydrogen-bond donors (Lipinski definition) is 2. The van der Waals surface area contributed by atoms with Crippen LogP contribution in [-0.2, 0) is 9.59 Å². The first-order chi connectivity index (χ1) is 10.9. The zero-order valence-electron chi connectivity index (χ0n) is 14.0. The summed E-state index contributed by atoms with van der Waals surface area (Å²) in [6.07, 6.45) is 2.63. The summed E-state index contributed by atoms with van der Waals surface area (Å²) >= 11 is 0. The number of hydrogen-bond acceptors (Lipinski definition) is 3. The van der Waals surface area contributed by atoms with Crippen LogP contribution in [0, 0.1) is 5.92 Å². The zero-order valence-corrected chi connectivity index (χ0v) is 14.0. The highest BCUT2D eigenvalue weighted by Crippen LogP contribution is 2.33. The quantitative estimate of drug-likeness (QED) is 0.875. The number of carbonyl (C=O) groups excluding carboxylic acids is 1. The first kappa shape index (κ1) is 17.3. The third kappa shape index (κ3) is 3.84. The number of carbonyl (C=O) groups is 2. The van der Waals surface area contributed by atoms with Crippen molar-refractivity contribution in [2.45, 2.75) is 51.0 Å². The highest BCUT2D eigenvalue weighted by molar-refractivity contribution is 5.90. The summed E-state index contributed by atoms with van der Waals surface area (Å²) in [7, 11) is 1.59. The number of methoxy groups -OCH3 is 1. The van der Waals surface area contributed by atoms with Gasteiger partial charge in [-0.25, -0.2) is 4.79 Å². The maximum Gasteiger partial charge on any atom is 0.329 e. The van der Waals surface area contributed by atoms with Crippen LogP contribution in [0.1, 0.15) is 51.0 Å². The molecule has 5 nitrogen and oxygen atoms in total. The van der Waals surface area contributed by atoms with Crippen LogP contribution in [0.15, 0.2) is 24.3 Å². The van der Waals surface area contributed by atoms with E-state index in [1.54, 1.807) is 26.2 Å². The summed E-state index contributed by atoms with van der Waals surface area (Å²) in [6, 6.07) is 7.27. The molecule has 126 valence electrons. The van der Waals surface area contributed by atoms with E-state index in [0.717, 1.165) is 24.2 Å². The molecule has 5 heteroatoms. The van der Waals surface area contributed by atoms with Gasteiger partial charge in [0.05, 0.1) is 13.0 Å². The van der Waals surface area contributed by atoms with Crippen molar-refractivity contribution in [1.82, 2.24) is 5.32 Å². The third-order valence-electron chi connectivity index (χ3n) is 4.91. The number of carboxylic acids is 1. The topological polar surface area (TPSA) is 75.6 Å². The van der Waals surface area contributed by atoms with Crippen molar-refractivity contribution >= 4 is 11.9 Å². The summed E-state index contributed by atoms with van der Waals surface area (Å²) in [5.74, 6) is -0.341. The van der Waals surface area contributed by atoms with E-state index in [-0.39, 0.29) is 5.91 Å². The summed E-state index contributed by atoms with van der Waals surface area (Å²) in [6.45, 7) is 3.91. The fourth-order valence-electron chi connectivity index (χ4n) is 3.04. The normalized spacial score (nSPS) is 25.4. The average Bonchev–Trinajstić information content (AvgIpc) is 2.56. The molecule has 1 aliphatic carbocycles. The minimum Gasteiger partial charge on any atom is -0.497 e. The van der Waals surface area contributed by atoms with Crippen molar-refractivity contribution in [3.05, 3.63) is 29.8 Å². The second kappa shape index (κ2) is 7.02. The molecule has 1 amide bonds. The number of ether oxygens (including phenoxy) is 1. The first-order valence-corrected chi connectivity index (χ1v) is 8.07. The fourth-order valence-corrected chi connectivity index (χ4v) is 3.04. The number of aliphatic carboxylic acids is 1. The molecule has 0 aromatic heterocycles. The Bertz CT molecular complexity index is 559. The molecular formula is C18H25NO4. The molecule has 0 saturated heterocycles. The molecule has 2 N–H and O–H groups in total. The second-order valence-electron chi connectivity index (χ2n) is 6.55. The highest BCUT2D eigenvalue weighted by atomic mass is 16.5. The lowest BCUT2D eigenvalue weighted by molar-refractivity contribution is -0.149. The Morgan fingerprint density at radius 3 is 2.30 bits per heavy atom. The molecule has 1 fully saturated rings. The standard InChI is InChI=1S/C18H25NO4/c1-12-8-10-18(11-9-12,17(21)22)19-16(20)13(2)14-4-6-15(23-3)7-5-14/h4-7,12-13H,8-11H2,1-3H3,(H,19,20)(H,21,22). The van der Waals surface area contributed by atoms with Gasteiger partial charge in [0, 0.05) is 0 Å². The Morgan fingerprint density at radius 1 is 1.26 bits per heavy atom. The average molecular weight is 319 g/mol. The lowest BCUT2D eigenvalue weighted by Crippen LogP contribution is -2.57. The number of amides is 1. The molecule has 2 rings (SSSR count). The van der Waals surface area contributed by atoms with Crippen LogP contribution in [0.2, 0.25) is 0 Å². The van der Waals surface area contributed by atoms with Crippen molar-refractivity contribution in [2.75, 3.05) is 7.11 Å². The van der Waals surface area contributed by atoms with Gasteiger partial charge in [0.25, 0.3) is 0 Å². The van der Waals surface area contributed by atoms with E-state index in [2.05, 4.69) is 12.2 Å². The van der Waals surface area contributed by atoms with Crippen LogP contribution < -0.4 is 10.1 Å². The van der Waals surface area contributed by atoms with E-state index in [1.165, 1.54) is 0 Å². The van der Waals surface area contributed by atoms with Crippen molar-refractivity contribution in [3.63, 3.8) is 0 Å². The monoisotopic (exact) mass is 319 g/mol. The van der Waals surface area contributed by atoms with Crippen LogP contribution in [0.5, 0.6) is 5.75 Å². The van der Waals surface area contributed by atoms with Gasteiger partial charge in [0.1, 0.15) is 11.3 Å². The Labute approximate surface area is 137 Å². The van der Waals surface area contributed by atoms with Crippen LogP contribution in [0.3, 0.4) is 0 Å². The van der Waals surface area contributed by atoms with Crippen LogP contribution in [0.4, 0.5) is 0 Å². The van der Waals surface area contributed by atoms with Gasteiger partial charge in [-0.1, -0.05) is 19.1 Å². The van der Waals surface area contributed by atoms with Gasteiger partial charge >= 0.3 is 5.97 Å². The maximum absolute atomic E-state index is 12.6. The van der Waals surface area contributed by atoms with E-state index in [1.807, 2.05) is 12.1 Å². The number of benzene rings is 1. The van der Waals surface area contributed by atoms with Gasteiger partial charge in [0.2, 0.25) is 5.91 Å². The predicted octanol–water partition coefficient (Wildman–Crippen LogP) is 2.95. The van der Waals surface area contributed by atoms with Gasteiger partial charge in [-0.3, -0.25) is 4.79 Å². The number of rotatable bonds is 5. The fraction of sp³-hybridized carbons (Fsp3) is 0.556. The van der Waals surface area contributed by atoms with E-state index in [9.17, 15) is 14.7 Å². The maximum atomic E-state index is 12.6. The molecule has 1 saturated carbocycles. The SMILES string of the molecule is COc1ccc(C(C)C(=O)NC2(C(=O)O)CCC(C)CC2)cc1. The van der Waals surface area contributed by atoms with Crippen molar-refractivity contribution in [3.8, 4) is 5.75 Å². The van der Waals surface area contributed by atoms with Crippen LogP contribution >= 0.6 is 0 Å². The van der Waals surface area contributed by atoms with Crippen LogP contribution in [0.25, 0.3) is 0 Å². The van der Waals surface area contributed by atoms with Crippen molar-refractivity contribution in [2.24, 2.45) is 5.92 Å². The van der Waals surface area contributed by atoms with E-state index >= 15 is 0 Å². The zero-order chi connectivity index (χ0) is 17.0. The molecule has 0 spiro atoms. The summed E-state index contributed by atoms with van der Waals surface area (Å²) in [4.78, 5) is 24.3. The van der Waals surface area contributed by atoms with Gasteiger partial charge in [0.15, 0.2) is 0 Å². The predicted molar refractivity (Wildman–Crippen MR) is 87.6 cm³/mol. The Kier molecular flexibility index (Phi) is 5.29. The molecule has 0 bridgehead atoms. The molecule has 1 aromatic carbocycles. The van der Waals surface area contributed by atoms with Gasteiger partial charge in [-0.2, -0.15) is 0 Å². The second-order valence-corrected chi connectivity index (χ2v) is 6.55. The molecule has 0 aliphatic heterocycles. The molecule has 1 aliphatic rings. The summed E-state index contributed by atoms with van der Waals surface area (Å²) in [5, 5.41) is 12.4. The highest BCUT2D eigenvalue weighted by Gasteiger charge is 2.43. The van der Waals surface area contributed by atoms with E-state index < -0.39 is 17.4 Å². The molecule has 1 aromatic rings. The first-order valence-electron chi connectivity index (χ1n) is 8.07.